The van der Waals surface area contributed by atoms with E-state index in [4.69, 9.17) is 4.74 Å². The summed E-state index contributed by atoms with van der Waals surface area (Å²) in [5.41, 5.74) is 1.48. The van der Waals surface area contributed by atoms with E-state index in [1.54, 1.807) is 12.1 Å². The van der Waals surface area contributed by atoms with E-state index in [2.05, 4.69) is 10.6 Å². The normalized spacial score (nSPS) is 11.8. The quantitative estimate of drug-likeness (QED) is 0.468. The molecule has 3 aromatic carbocycles. The predicted octanol–water partition coefficient (Wildman–Crippen LogP) is 3.54. The van der Waals surface area contributed by atoms with Crippen molar-refractivity contribution in [2.75, 3.05) is 11.9 Å². The molecule has 0 saturated heterocycles. The number of hydrogen-bond acceptors (Lipinski definition) is 4. The number of rotatable bonds is 7. The molecule has 0 aliphatic rings. The molecule has 1 atom stereocenters. The van der Waals surface area contributed by atoms with Gasteiger partial charge < -0.3 is 15.4 Å². The second-order valence-corrected chi connectivity index (χ2v) is 6.69. The van der Waals surface area contributed by atoms with E-state index in [9.17, 15) is 14.4 Å². The smallest absolute Gasteiger partial charge is 0.328 e. The maximum Gasteiger partial charge on any atom is 0.328 e. The van der Waals surface area contributed by atoms with Gasteiger partial charge in [-0.15, -0.1) is 0 Å². The van der Waals surface area contributed by atoms with Gasteiger partial charge >= 0.3 is 5.97 Å². The Hall–Kier alpha value is -3.93. The minimum atomic E-state index is -0.883. The summed E-state index contributed by atoms with van der Waals surface area (Å²) in [5.74, 6) is -1.57. The molecule has 0 aromatic heterocycles. The lowest BCUT2D eigenvalue weighted by Crippen LogP contribution is -2.39. The van der Waals surface area contributed by atoms with Crippen LogP contribution in [0.5, 0.6) is 0 Å². The van der Waals surface area contributed by atoms with Crippen molar-refractivity contribution in [1.29, 1.82) is 0 Å². The molecule has 2 amide bonds. The van der Waals surface area contributed by atoms with Crippen molar-refractivity contribution in [3.63, 3.8) is 0 Å². The van der Waals surface area contributed by atoms with Crippen molar-refractivity contribution in [3.05, 3.63) is 84.4 Å². The third-order valence-electron chi connectivity index (χ3n) is 4.32. The van der Waals surface area contributed by atoms with Gasteiger partial charge in [0.1, 0.15) is 6.04 Å². The SMILES string of the molecule is C[C@H](NC(=O)/C=C/c1ccccc1)C(=O)OCC(=O)Nc1ccc2ccccc2c1. The van der Waals surface area contributed by atoms with Crippen LogP contribution in [0, 0.1) is 0 Å². The van der Waals surface area contributed by atoms with E-state index in [0.29, 0.717) is 5.69 Å². The van der Waals surface area contributed by atoms with Crippen LogP contribution in [0.25, 0.3) is 16.8 Å². The first-order valence-corrected chi connectivity index (χ1v) is 9.50. The highest BCUT2D eigenvalue weighted by Crippen LogP contribution is 2.18. The van der Waals surface area contributed by atoms with Crippen LogP contribution in [-0.2, 0) is 19.1 Å². The highest BCUT2D eigenvalue weighted by atomic mass is 16.5. The summed E-state index contributed by atoms with van der Waals surface area (Å²) >= 11 is 0. The van der Waals surface area contributed by atoms with E-state index in [0.717, 1.165) is 16.3 Å². The second-order valence-electron chi connectivity index (χ2n) is 6.69. The molecule has 0 heterocycles. The Balaban J connectivity index is 1.44. The lowest BCUT2D eigenvalue weighted by molar-refractivity contribution is -0.149. The molecule has 0 unspecified atom stereocenters. The van der Waals surface area contributed by atoms with Gasteiger partial charge in [0.2, 0.25) is 5.91 Å². The molecule has 30 heavy (non-hydrogen) atoms. The van der Waals surface area contributed by atoms with Crippen LogP contribution in [0.3, 0.4) is 0 Å². The largest absolute Gasteiger partial charge is 0.454 e. The minimum absolute atomic E-state index is 0.427. The number of amides is 2. The first kappa shape index (κ1) is 20.8. The molecule has 0 spiro atoms. The van der Waals surface area contributed by atoms with Gasteiger partial charge in [-0.2, -0.15) is 0 Å². The molecule has 0 saturated carbocycles. The molecule has 3 aromatic rings. The maximum atomic E-state index is 12.1. The summed E-state index contributed by atoms with van der Waals surface area (Å²) in [6, 6.07) is 21.7. The zero-order valence-electron chi connectivity index (χ0n) is 16.5. The van der Waals surface area contributed by atoms with Gasteiger partial charge in [-0.05, 0) is 41.5 Å². The Labute approximate surface area is 174 Å². The number of hydrogen-bond donors (Lipinski definition) is 2. The Bertz CT molecular complexity index is 1080. The number of ether oxygens (including phenoxy) is 1. The zero-order chi connectivity index (χ0) is 21.3. The highest BCUT2D eigenvalue weighted by molar-refractivity contribution is 5.97. The molecule has 3 rings (SSSR count). The Morgan fingerprint density at radius 1 is 0.933 bits per heavy atom. The monoisotopic (exact) mass is 402 g/mol. The first-order valence-electron chi connectivity index (χ1n) is 9.50. The van der Waals surface area contributed by atoms with Crippen molar-refractivity contribution < 1.29 is 19.1 Å². The van der Waals surface area contributed by atoms with E-state index >= 15 is 0 Å². The summed E-state index contributed by atoms with van der Waals surface area (Å²) < 4.78 is 5.00. The summed E-state index contributed by atoms with van der Waals surface area (Å²) in [6.45, 7) is 1.06. The minimum Gasteiger partial charge on any atom is -0.454 e. The Morgan fingerprint density at radius 3 is 2.40 bits per heavy atom. The van der Waals surface area contributed by atoms with E-state index in [1.807, 2.05) is 66.7 Å². The van der Waals surface area contributed by atoms with Crippen LogP contribution in [0.1, 0.15) is 12.5 Å². The summed E-state index contributed by atoms with van der Waals surface area (Å²) in [4.78, 5) is 36.0. The molecule has 0 bridgehead atoms. The fraction of sp³-hybridized carbons (Fsp3) is 0.125. The van der Waals surface area contributed by atoms with Gasteiger partial charge in [-0.1, -0.05) is 60.7 Å². The highest BCUT2D eigenvalue weighted by Gasteiger charge is 2.17. The molecule has 6 nitrogen and oxygen atoms in total. The zero-order valence-corrected chi connectivity index (χ0v) is 16.5. The van der Waals surface area contributed by atoms with Gasteiger partial charge in [0.05, 0.1) is 0 Å². The van der Waals surface area contributed by atoms with Gasteiger partial charge in [0.15, 0.2) is 6.61 Å². The van der Waals surface area contributed by atoms with Gasteiger partial charge in [-0.25, -0.2) is 4.79 Å². The molecular weight excluding hydrogens is 380 g/mol. The van der Waals surface area contributed by atoms with Crippen molar-refractivity contribution in [3.8, 4) is 0 Å². The van der Waals surface area contributed by atoms with Crippen LogP contribution in [-0.4, -0.2) is 30.4 Å². The maximum absolute atomic E-state index is 12.1. The third kappa shape index (κ3) is 6.04. The van der Waals surface area contributed by atoms with E-state index in [1.165, 1.54) is 13.0 Å². The lowest BCUT2D eigenvalue weighted by Gasteiger charge is -2.12. The number of fused-ring (bicyclic) bond motifs is 1. The predicted molar refractivity (Wildman–Crippen MR) is 117 cm³/mol. The van der Waals surface area contributed by atoms with Crippen LogP contribution in [0.4, 0.5) is 5.69 Å². The van der Waals surface area contributed by atoms with E-state index < -0.39 is 30.4 Å². The molecule has 152 valence electrons. The number of benzene rings is 3. The van der Waals surface area contributed by atoms with Gasteiger partial charge in [0, 0.05) is 11.8 Å². The number of nitrogens with one attached hydrogen (secondary N) is 2. The molecule has 2 N–H and O–H groups in total. The van der Waals surface area contributed by atoms with Crippen molar-refractivity contribution in [2.24, 2.45) is 0 Å². The van der Waals surface area contributed by atoms with Gasteiger partial charge in [-0.3, -0.25) is 9.59 Å². The fourth-order valence-electron chi connectivity index (χ4n) is 2.78. The average molecular weight is 402 g/mol. The third-order valence-corrected chi connectivity index (χ3v) is 4.32. The summed E-state index contributed by atoms with van der Waals surface area (Å²) in [5, 5.41) is 7.26. The number of esters is 1. The molecule has 6 heteroatoms. The fourth-order valence-corrected chi connectivity index (χ4v) is 2.78. The molecule has 0 aliphatic carbocycles. The van der Waals surface area contributed by atoms with Crippen LogP contribution < -0.4 is 10.6 Å². The standard InChI is InChI=1S/C24H22N2O4/c1-17(25-22(27)14-11-18-7-3-2-4-8-18)24(29)30-16-23(28)26-21-13-12-19-9-5-6-10-20(19)15-21/h2-15,17H,16H2,1H3,(H,25,27)(H,26,28)/b14-11+/t17-/m0/s1. The Morgan fingerprint density at radius 2 is 1.63 bits per heavy atom. The molecule has 0 fully saturated rings. The van der Waals surface area contributed by atoms with Crippen molar-refractivity contribution >= 4 is 40.3 Å². The molecule has 0 radical (unpaired) electrons. The topological polar surface area (TPSA) is 84.5 Å². The number of carbonyl (C=O) groups excluding carboxylic acids is 3. The summed E-state index contributed by atoms with van der Waals surface area (Å²) in [6.07, 6.45) is 2.98. The van der Waals surface area contributed by atoms with Crippen LogP contribution in [0.2, 0.25) is 0 Å². The number of carbonyl (C=O) groups is 3. The second kappa shape index (κ2) is 10.0. The van der Waals surface area contributed by atoms with Crippen molar-refractivity contribution in [2.45, 2.75) is 13.0 Å². The lowest BCUT2D eigenvalue weighted by atomic mass is 10.1. The van der Waals surface area contributed by atoms with Crippen LogP contribution in [0.15, 0.2) is 78.9 Å². The van der Waals surface area contributed by atoms with Crippen molar-refractivity contribution in [1.82, 2.24) is 5.32 Å². The molecule has 0 aliphatic heterocycles. The number of anilines is 1. The van der Waals surface area contributed by atoms with Crippen LogP contribution >= 0.6 is 0 Å². The molecular formula is C24H22N2O4. The first-order chi connectivity index (χ1) is 14.5. The Kier molecular flexibility index (Phi) is 6.95. The van der Waals surface area contributed by atoms with E-state index in [-0.39, 0.29) is 0 Å². The average Bonchev–Trinajstić information content (AvgIpc) is 2.76. The van der Waals surface area contributed by atoms with Gasteiger partial charge in [0.25, 0.3) is 5.91 Å². The summed E-state index contributed by atoms with van der Waals surface area (Å²) in [7, 11) is 0.